The van der Waals surface area contributed by atoms with Gasteiger partial charge in [0.15, 0.2) is 4.67 Å². The largest absolute Gasteiger partial charge is 0.450 e. The normalized spacial score (nSPS) is 10.9. The molecule has 0 aromatic carbocycles. The molecule has 0 saturated heterocycles. The van der Waals surface area contributed by atoms with Gasteiger partial charge in [-0.05, 0) is 34.1 Å². The number of nitrogens with one attached hydrogen (secondary N) is 2. The fraction of sp³-hybridized carbons (Fsp3) is 0.100. The molecule has 0 atom stereocenters. The summed E-state index contributed by atoms with van der Waals surface area (Å²) in [6.07, 6.45) is 4.36. The molecule has 2 rings (SSSR count). The summed E-state index contributed by atoms with van der Waals surface area (Å²) >= 11 is 3.18. The molecule has 0 bridgehead atoms. The van der Waals surface area contributed by atoms with Crippen LogP contribution in [0.1, 0.15) is 11.6 Å². The number of hydrogen-bond donors (Lipinski definition) is 2. The number of aromatic nitrogens is 3. The molecule has 0 radical (unpaired) electrons. The van der Waals surface area contributed by atoms with E-state index in [4.69, 9.17) is 4.42 Å². The number of carbonyl (C=O) groups is 1. The van der Waals surface area contributed by atoms with E-state index in [0.29, 0.717) is 22.8 Å². The minimum absolute atomic E-state index is 0.228. The zero-order chi connectivity index (χ0) is 12.1. The SMILES string of the molecule is O=C(/C=C/c1ccc(Br)o1)NCc1ncn[nH]1. The summed E-state index contributed by atoms with van der Waals surface area (Å²) in [7, 11) is 0. The number of H-pyrrole nitrogens is 1. The van der Waals surface area contributed by atoms with Crippen molar-refractivity contribution in [2.45, 2.75) is 6.54 Å². The average Bonchev–Trinajstić information content (AvgIpc) is 2.95. The lowest BCUT2D eigenvalue weighted by Crippen LogP contribution is -2.20. The summed E-state index contributed by atoms with van der Waals surface area (Å²) in [5.74, 6) is 0.980. The van der Waals surface area contributed by atoms with Crippen molar-refractivity contribution in [3.05, 3.63) is 40.8 Å². The van der Waals surface area contributed by atoms with E-state index in [-0.39, 0.29) is 5.91 Å². The van der Waals surface area contributed by atoms with Crippen molar-refractivity contribution in [2.24, 2.45) is 0 Å². The van der Waals surface area contributed by atoms with Gasteiger partial charge in [-0.1, -0.05) is 0 Å². The first-order valence-electron chi connectivity index (χ1n) is 4.79. The molecule has 1 amide bonds. The highest BCUT2D eigenvalue weighted by molar-refractivity contribution is 9.10. The molecule has 0 aliphatic carbocycles. The molecule has 2 heterocycles. The van der Waals surface area contributed by atoms with Gasteiger partial charge in [0.1, 0.15) is 17.9 Å². The topological polar surface area (TPSA) is 83.8 Å². The highest BCUT2D eigenvalue weighted by atomic mass is 79.9. The first kappa shape index (κ1) is 11.6. The Morgan fingerprint density at radius 3 is 3.12 bits per heavy atom. The molecular weight excluding hydrogens is 288 g/mol. The highest BCUT2D eigenvalue weighted by Crippen LogP contribution is 2.14. The summed E-state index contributed by atoms with van der Waals surface area (Å²) < 4.78 is 5.83. The molecule has 0 spiro atoms. The fourth-order valence-electron chi connectivity index (χ4n) is 1.12. The van der Waals surface area contributed by atoms with Crippen molar-refractivity contribution in [2.75, 3.05) is 0 Å². The lowest BCUT2D eigenvalue weighted by Gasteiger charge is -1.96. The van der Waals surface area contributed by atoms with Gasteiger partial charge in [-0.15, -0.1) is 0 Å². The van der Waals surface area contributed by atoms with Gasteiger partial charge in [-0.3, -0.25) is 9.89 Å². The van der Waals surface area contributed by atoms with Crippen molar-refractivity contribution >= 4 is 27.9 Å². The summed E-state index contributed by atoms with van der Waals surface area (Å²) in [6.45, 7) is 0.311. The number of halogens is 1. The molecule has 0 unspecified atom stereocenters. The van der Waals surface area contributed by atoms with Crippen molar-refractivity contribution in [3.8, 4) is 0 Å². The number of carbonyl (C=O) groups excluding carboxylic acids is 1. The Bertz CT molecular complexity index is 518. The number of furan rings is 1. The Kier molecular flexibility index (Phi) is 3.71. The van der Waals surface area contributed by atoms with E-state index in [1.54, 1.807) is 18.2 Å². The Morgan fingerprint density at radius 2 is 2.47 bits per heavy atom. The van der Waals surface area contributed by atoms with Crippen LogP contribution in [0.25, 0.3) is 6.08 Å². The summed E-state index contributed by atoms with van der Waals surface area (Å²) in [5.41, 5.74) is 0. The first-order valence-corrected chi connectivity index (χ1v) is 5.59. The number of rotatable bonds is 4. The molecule has 0 saturated carbocycles. The molecule has 88 valence electrons. The maximum Gasteiger partial charge on any atom is 0.244 e. The van der Waals surface area contributed by atoms with Gasteiger partial charge in [-0.25, -0.2) is 4.98 Å². The Hall–Kier alpha value is -1.89. The minimum Gasteiger partial charge on any atom is -0.450 e. The third kappa shape index (κ3) is 3.56. The van der Waals surface area contributed by atoms with Crippen LogP contribution in [-0.2, 0) is 11.3 Å². The van der Waals surface area contributed by atoms with Crippen molar-refractivity contribution in [1.82, 2.24) is 20.5 Å². The monoisotopic (exact) mass is 296 g/mol. The van der Waals surface area contributed by atoms with Gasteiger partial charge < -0.3 is 9.73 Å². The predicted molar refractivity (Wildman–Crippen MR) is 63.7 cm³/mol. The number of aromatic amines is 1. The molecule has 17 heavy (non-hydrogen) atoms. The Morgan fingerprint density at radius 1 is 1.59 bits per heavy atom. The molecule has 2 aromatic heterocycles. The van der Waals surface area contributed by atoms with Gasteiger partial charge in [0.05, 0.1) is 6.54 Å². The fourth-order valence-corrected chi connectivity index (χ4v) is 1.44. The Labute approximate surface area is 105 Å². The maximum atomic E-state index is 11.4. The zero-order valence-corrected chi connectivity index (χ0v) is 10.3. The molecular formula is C10H9BrN4O2. The van der Waals surface area contributed by atoms with Crippen LogP contribution in [0.5, 0.6) is 0 Å². The second-order valence-corrected chi connectivity index (χ2v) is 3.91. The van der Waals surface area contributed by atoms with E-state index in [1.807, 2.05) is 0 Å². The second-order valence-electron chi connectivity index (χ2n) is 3.13. The second kappa shape index (κ2) is 5.44. The van der Waals surface area contributed by atoms with E-state index in [1.165, 1.54) is 12.4 Å². The van der Waals surface area contributed by atoms with E-state index in [0.717, 1.165) is 0 Å². The number of amides is 1. The van der Waals surface area contributed by atoms with Crippen molar-refractivity contribution in [3.63, 3.8) is 0 Å². The lowest BCUT2D eigenvalue weighted by atomic mass is 10.4. The van der Waals surface area contributed by atoms with Gasteiger partial charge >= 0.3 is 0 Å². The van der Waals surface area contributed by atoms with Crippen LogP contribution in [0.3, 0.4) is 0 Å². The van der Waals surface area contributed by atoms with Gasteiger partial charge in [0, 0.05) is 6.08 Å². The quantitative estimate of drug-likeness (QED) is 0.837. The average molecular weight is 297 g/mol. The van der Waals surface area contributed by atoms with Crippen LogP contribution < -0.4 is 5.32 Å². The number of nitrogens with zero attached hydrogens (tertiary/aromatic N) is 2. The molecule has 2 aromatic rings. The maximum absolute atomic E-state index is 11.4. The summed E-state index contributed by atoms with van der Waals surface area (Å²) in [5, 5.41) is 8.97. The lowest BCUT2D eigenvalue weighted by molar-refractivity contribution is -0.116. The molecule has 6 nitrogen and oxygen atoms in total. The predicted octanol–water partition coefficient (Wildman–Crippen LogP) is 1.49. The summed E-state index contributed by atoms with van der Waals surface area (Å²) in [4.78, 5) is 15.3. The van der Waals surface area contributed by atoms with Crippen LogP contribution in [0.15, 0.2) is 33.6 Å². The Balaban J connectivity index is 1.83. The van der Waals surface area contributed by atoms with Crippen LogP contribution in [-0.4, -0.2) is 21.1 Å². The summed E-state index contributed by atoms with van der Waals surface area (Å²) in [6, 6.07) is 3.51. The molecule has 0 aliphatic heterocycles. The van der Waals surface area contributed by atoms with Crippen molar-refractivity contribution in [1.29, 1.82) is 0 Å². The molecule has 0 fully saturated rings. The smallest absolute Gasteiger partial charge is 0.244 e. The first-order chi connectivity index (χ1) is 8.24. The van der Waals surface area contributed by atoms with Crippen LogP contribution in [0, 0.1) is 0 Å². The van der Waals surface area contributed by atoms with Gasteiger partial charge in [0.2, 0.25) is 5.91 Å². The van der Waals surface area contributed by atoms with E-state index in [2.05, 4.69) is 36.4 Å². The van der Waals surface area contributed by atoms with Gasteiger partial charge in [-0.2, -0.15) is 5.10 Å². The minimum atomic E-state index is -0.228. The van der Waals surface area contributed by atoms with E-state index < -0.39 is 0 Å². The van der Waals surface area contributed by atoms with E-state index >= 15 is 0 Å². The molecule has 0 aliphatic rings. The zero-order valence-electron chi connectivity index (χ0n) is 8.68. The van der Waals surface area contributed by atoms with Crippen LogP contribution in [0.4, 0.5) is 0 Å². The van der Waals surface area contributed by atoms with Crippen molar-refractivity contribution < 1.29 is 9.21 Å². The van der Waals surface area contributed by atoms with Crippen LogP contribution in [0.2, 0.25) is 0 Å². The third-order valence-electron chi connectivity index (χ3n) is 1.89. The van der Waals surface area contributed by atoms with E-state index in [9.17, 15) is 4.79 Å². The molecule has 7 heteroatoms. The molecule has 2 N–H and O–H groups in total. The van der Waals surface area contributed by atoms with Gasteiger partial charge in [0.25, 0.3) is 0 Å². The third-order valence-corrected chi connectivity index (χ3v) is 2.31. The van der Waals surface area contributed by atoms with Crippen LogP contribution >= 0.6 is 15.9 Å². The number of hydrogen-bond acceptors (Lipinski definition) is 4. The highest BCUT2D eigenvalue weighted by Gasteiger charge is 1.99. The standard InChI is InChI=1S/C10H9BrN4O2/c11-8-3-1-7(17-8)2-4-10(16)12-5-9-13-6-14-15-9/h1-4,6H,5H2,(H,12,16)(H,13,14,15)/b4-2+.